The van der Waals surface area contributed by atoms with E-state index in [1.165, 1.54) is 6.08 Å². The molecule has 0 saturated carbocycles. The van der Waals surface area contributed by atoms with Gasteiger partial charge in [-0.05, 0) is 37.6 Å². The van der Waals surface area contributed by atoms with Gasteiger partial charge in [-0.15, -0.1) is 0 Å². The lowest BCUT2D eigenvalue weighted by Crippen LogP contribution is -2.25. The molecule has 0 aliphatic rings. The highest BCUT2D eigenvalue weighted by molar-refractivity contribution is 7.89. The standard InChI is InChI=1S/C14H17Cl2N3O2S/c1-10(2)19-9-17-12-4-3-11(7-13(12)19)8-18-22(20,21)6-5-14(15)16/h3-5,7,9-10,18H,6,8H2,1-2H3. The lowest BCUT2D eigenvalue weighted by molar-refractivity contribution is 0.584. The third-order valence-corrected chi connectivity index (χ3v) is 4.65. The van der Waals surface area contributed by atoms with E-state index in [1.54, 1.807) is 6.33 Å². The molecule has 2 rings (SSSR count). The van der Waals surface area contributed by atoms with Crippen molar-refractivity contribution in [2.75, 3.05) is 5.75 Å². The molecule has 0 unspecified atom stereocenters. The first kappa shape index (κ1) is 17.3. The minimum Gasteiger partial charge on any atom is -0.328 e. The topological polar surface area (TPSA) is 64.0 Å². The Balaban J connectivity index is 2.15. The molecule has 0 spiro atoms. The summed E-state index contributed by atoms with van der Waals surface area (Å²) >= 11 is 10.9. The monoisotopic (exact) mass is 361 g/mol. The van der Waals surface area contributed by atoms with Crippen LogP contribution in [-0.4, -0.2) is 23.7 Å². The zero-order valence-electron chi connectivity index (χ0n) is 12.3. The number of nitrogens with one attached hydrogen (secondary N) is 1. The number of fused-ring (bicyclic) bond motifs is 1. The Morgan fingerprint density at radius 1 is 1.41 bits per heavy atom. The lowest BCUT2D eigenvalue weighted by Gasteiger charge is -2.09. The van der Waals surface area contributed by atoms with Crippen molar-refractivity contribution < 1.29 is 8.42 Å². The maximum atomic E-state index is 11.8. The lowest BCUT2D eigenvalue weighted by atomic mass is 10.2. The van der Waals surface area contributed by atoms with E-state index in [0.717, 1.165) is 16.6 Å². The van der Waals surface area contributed by atoms with E-state index in [9.17, 15) is 8.42 Å². The van der Waals surface area contributed by atoms with Crippen LogP contribution in [0, 0.1) is 0 Å². The molecule has 0 saturated heterocycles. The molecule has 0 amide bonds. The number of imidazole rings is 1. The number of rotatable bonds is 6. The minimum atomic E-state index is -3.46. The summed E-state index contributed by atoms with van der Waals surface area (Å²) < 4.78 is 28.1. The van der Waals surface area contributed by atoms with Crippen LogP contribution in [0.1, 0.15) is 25.5 Å². The van der Waals surface area contributed by atoms with Crippen molar-refractivity contribution in [3.05, 3.63) is 40.7 Å². The second-order valence-electron chi connectivity index (χ2n) is 5.16. The summed E-state index contributed by atoms with van der Waals surface area (Å²) in [6.45, 7) is 4.34. The first-order valence-electron chi connectivity index (χ1n) is 6.72. The number of halogens is 2. The number of hydrogen-bond donors (Lipinski definition) is 1. The SMILES string of the molecule is CC(C)n1cnc2ccc(CNS(=O)(=O)CC=C(Cl)Cl)cc21. The summed E-state index contributed by atoms with van der Waals surface area (Å²) in [5.41, 5.74) is 2.73. The molecule has 120 valence electrons. The van der Waals surface area contributed by atoms with Crippen LogP contribution < -0.4 is 4.72 Å². The highest BCUT2D eigenvalue weighted by Gasteiger charge is 2.10. The number of sulfonamides is 1. The van der Waals surface area contributed by atoms with E-state index in [0.29, 0.717) is 0 Å². The smallest absolute Gasteiger partial charge is 0.215 e. The summed E-state index contributed by atoms with van der Waals surface area (Å²) in [5, 5.41) is 0. The maximum Gasteiger partial charge on any atom is 0.215 e. The number of aromatic nitrogens is 2. The van der Waals surface area contributed by atoms with E-state index in [1.807, 2.05) is 22.8 Å². The second kappa shape index (κ2) is 7.00. The molecule has 1 aromatic heterocycles. The third kappa shape index (κ3) is 4.46. The fourth-order valence-electron chi connectivity index (χ4n) is 2.02. The molecule has 5 nitrogen and oxygen atoms in total. The average Bonchev–Trinajstić information content (AvgIpc) is 2.86. The van der Waals surface area contributed by atoms with Gasteiger partial charge in [0.1, 0.15) is 4.49 Å². The molecule has 2 aromatic rings. The van der Waals surface area contributed by atoms with Crippen LogP contribution in [0.3, 0.4) is 0 Å². The van der Waals surface area contributed by atoms with Crippen molar-refractivity contribution in [2.45, 2.75) is 26.4 Å². The first-order chi connectivity index (χ1) is 10.3. The maximum absolute atomic E-state index is 11.8. The minimum absolute atomic E-state index is 0.0624. The van der Waals surface area contributed by atoms with Crippen molar-refractivity contribution in [1.82, 2.24) is 14.3 Å². The second-order valence-corrected chi connectivity index (χ2v) is 8.02. The van der Waals surface area contributed by atoms with Gasteiger partial charge in [0.05, 0.1) is 23.1 Å². The summed E-state index contributed by atoms with van der Waals surface area (Å²) in [7, 11) is -3.46. The van der Waals surface area contributed by atoms with Crippen LogP contribution in [0.5, 0.6) is 0 Å². The Kier molecular flexibility index (Phi) is 5.50. The summed E-state index contributed by atoms with van der Waals surface area (Å²) in [4.78, 5) is 4.33. The van der Waals surface area contributed by atoms with Gasteiger partial charge < -0.3 is 4.57 Å². The Hall–Kier alpha value is -1.08. The van der Waals surface area contributed by atoms with Gasteiger partial charge in [0.15, 0.2) is 0 Å². The van der Waals surface area contributed by atoms with Crippen molar-refractivity contribution in [1.29, 1.82) is 0 Å². The molecule has 1 heterocycles. The summed E-state index contributed by atoms with van der Waals surface area (Å²) in [6.07, 6.45) is 3.03. The Morgan fingerprint density at radius 3 is 2.77 bits per heavy atom. The zero-order valence-corrected chi connectivity index (χ0v) is 14.6. The van der Waals surface area contributed by atoms with Crippen molar-refractivity contribution in [3.63, 3.8) is 0 Å². The fourth-order valence-corrected chi connectivity index (χ4v) is 3.25. The highest BCUT2D eigenvalue weighted by Crippen LogP contribution is 2.19. The van der Waals surface area contributed by atoms with Crippen LogP contribution in [0.4, 0.5) is 0 Å². The summed E-state index contributed by atoms with van der Waals surface area (Å²) in [5.74, 6) is -0.249. The van der Waals surface area contributed by atoms with Gasteiger partial charge in [-0.2, -0.15) is 0 Å². The third-order valence-electron chi connectivity index (χ3n) is 3.15. The fraction of sp³-hybridized carbons (Fsp3) is 0.357. The number of nitrogens with zero attached hydrogens (tertiary/aromatic N) is 2. The highest BCUT2D eigenvalue weighted by atomic mass is 35.5. The van der Waals surface area contributed by atoms with Gasteiger partial charge in [0.2, 0.25) is 10.0 Å². The van der Waals surface area contributed by atoms with Gasteiger partial charge in [0, 0.05) is 12.6 Å². The predicted molar refractivity (Wildman–Crippen MR) is 90.5 cm³/mol. The van der Waals surface area contributed by atoms with Gasteiger partial charge in [0.25, 0.3) is 0 Å². The van der Waals surface area contributed by atoms with Gasteiger partial charge in [-0.3, -0.25) is 0 Å². The van der Waals surface area contributed by atoms with E-state index < -0.39 is 10.0 Å². The molecule has 0 bridgehead atoms. The first-order valence-corrected chi connectivity index (χ1v) is 9.13. The Morgan fingerprint density at radius 2 is 2.14 bits per heavy atom. The molecular formula is C14H17Cl2N3O2S. The molecule has 1 N–H and O–H groups in total. The summed E-state index contributed by atoms with van der Waals surface area (Å²) in [6, 6.07) is 5.96. The predicted octanol–water partition coefficient (Wildman–Crippen LogP) is 3.36. The van der Waals surface area contributed by atoms with Gasteiger partial charge in [-0.1, -0.05) is 29.3 Å². The van der Waals surface area contributed by atoms with Crippen molar-refractivity contribution in [2.24, 2.45) is 0 Å². The largest absolute Gasteiger partial charge is 0.328 e. The number of hydrogen-bond acceptors (Lipinski definition) is 3. The van der Waals surface area contributed by atoms with Crippen LogP contribution in [0.15, 0.2) is 35.1 Å². The Bertz CT molecular complexity index is 794. The molecule has 0 radical (unpaired) electrons. The van der Waals surface area contributed by atoms with E-state index in [2.05, 4.69) is 23.6 Å². The van der Waals surface area contributed by atoms with Crippen molar-refractivity contribution in [3.8, 4) is 0 Å². The molecule has 1 aromatic carbocycles. The average molecular weight is 362 g/mol. The van der Waals surface area contributed by atoms with E-state index >= 15 is 0 Å². The van der Waals surface area contributed by atoms with Gasteiger partial charge >= 0.3 is 0 Å². The van der Waals surface area contributed by atoms with E-state index in [4.69, 9.17) is 23.2 Å². The number of benzene rings is 1. The molecular weight excluding hydrogens is 345 g/mol. The van der Waals surface area contributed by atoms with Crippen molar-refractivity contribution >= 4 is 44.3 Å². The molecule has 8 heteroatoms. The molecule has 0 fully saturated rings. The quantitative estimate of drug-likeness (QED) is 0.857. The Labute approximate surface area is 140 Å². The van der Waals surface area contributed by atoms with Crippen LogP contribution >= 0.6 is 23.2 Å². The molecule has 0 aliphatic heterocycles. The molecule has 22 heavy (non-hydrogen) atoms. The zero-order chi connectivity index (χ0) is 16.3. The van der Waals surface area contributed by atoms with Crippen LogP contribution in [0.2, 0.25) is 0 Å². The van der Waals surface area contributed by atoms with Crippen LogP contribution in [0.25, 0.3) is 11.0 Å². The van der Waals surface area contributed by atoms with Gasteiger partial charge in [-0.25, -0.2) is 18.1 Å². The molecule has 0 aliphatic carbocycles. The van der Waals surface area contributed by atoms with E-state index in [-0.39, 0.29) is 22.8 Å². The van der Waals surface area contributed by atoms with Crippen LogP contribution in [-0.2, 0) is 16.6 Å². The molecule has 0 atom stereocenters. The normalized spacial score (nSPS) is 12.0.